The maximum atomic E-state index is 12.0. The third-order valence-electron chi connectivity index (χ3n) is 7.28. The highest BCUT2D eigenvalue weighted by Crippen LogP contribution is 2.46. The van der Waals surface area contributed by atoms with Crippen molar-refractivity contribution in [2.24, 2.45) is 5.41 Å². The number of hydrogen-bond acceptors (Lipinski definition) is 3. The van der Waals surface area contributed by atoms with Crippen LogP contribution in [0.4, 0.5) is 0 Å². The normalized spacial score (nSPS) is 28.5. The third kappa shape index (κ3) is 4.28. The van der Waals surface area contributed by atoms with E-state index in [9.17, 15) is 5.11 Å². The highest BCUT2D eigenvalue weighted by atomic mass is 16.5. The Morgan fingerprint density at radius 2 is 1.62 bits per heavy atom. The molecule has 2 aromatic rings. The van der Waals surface area contributed by atoms with E-state index in [2.05, 4.69) is 43.0 Å². The summed E-state index contributed by atoms with van der Waals surface area (Å²) in [5.41, 5.74) is 1.25. The molecule has 2 heterocycles. The largest absolute Gasteiger partial charge is 0.379 e. The summed E-state index contributed by atoms with van der Waals surface area (Å²) >= 11 is 0. The second kappa shape index (κ2) is 8.22. The number of likely N-dealkylation sites (tertiary alicyclic amines) is 1. The molecule has 0 aromatic heterocycles. The number of rotatable bonds is 5. The maximum absolute atomic E-state index is 12.0. The molecule has 1 N–H and O–H groups in total. The van der Waals surface area contributed by atoms with Gasteiger partial charge in [-0.3, -0.25) is 4.90 Å². The predicted octanol–water partition coefficient (Wildman–Crippen LogP) is 4.98. The molecule has 2 unspecified atom stereocenters. The summed E-state index contributed by atoms with van der Waals surface area (Å²) in [6.45, 7) is 8.11. The molecule has 29 heavy (non-hydrogen) atoms. The molecule has 2 fully saturated rings. The van der Waals surface area contributed by atoms with Crippen LogP contribution in [0, 0.1) is 5.41 Å². The van der Waals surface area contributed by atoms with E-state index >= 15 is 0 Å². The van der Waals surface area contributed by atoms with Crippen LogP contribution in [0.25, 0.3) is 0 Å². The second-order valence-corrected chi connectivity index (χ2v) is 9.49. The van der Waals surface area contributed by atoms with Crippen LogP contribution in [0.5, 0.6) is 0 Å². The first-order valence-corrected chi connectivity index (χ1v) is 11.2. The minimum absolute atomic E-state index is 0.00355. The van der Waals surface area contributed by atoms with Crippen molar-refractivity contribution in [1.82, 2.24) is 4.90 Å². The highest BCUT2D eigenvalue weighted by Gasteiger charge is 2.46. The molecule has 2 saturated heterocycles. The minimum atomic E-state index is -1.000. The van der Waals surface area contributed by atoms with Crippen LogP contribution in [-0.2, 0) is 10.3 Å². The monoisotopic (exact) mass is 393 g/mol. The van der Waals surface area contributed by atoms with Gasteiger partial charge in [-0.05, 0) is 62.1 Å². The van der Waals surface area contributed by atoms with Gasteiger partial charge in [0.2, 0.25) is 0 Å². The van der Waals surface area contributed by atoms with Gasteiger partial charge in [-0.1, -0.05) is 67.6 Å². The van der Waals surface area contributed by atoms with E-state index in [-0.39, 0.29) is 5.60 Å². The SMILES string of the molecule is CCC1(C)CC2(CCCN(CC(O)(c3ccccc3)c3ccccc3)C2)CCO1. The van der Waals surface area contributed by atoms with Gasteiger partial charge in [0.25, 0.3) is 0 Å². The Balaban J connectivity index is 1.60. The summed E-state index contributed by atoms with van der Waals surface area (Å²) in [6, 6.07) is 20.3. The van der Waals surface area contributed by atoms with E-state index < -0.39 is 5.60 Å². The van der Waals surface area contributed by atoms with Crippen LogP contribution in [0.15, 0.2) is 60.7 Å². The topological polar surface area (TPSA) is 32.7 Å². The molecular weight excluding hydrogens is 358 g/mol. The van der Waals surface area contributed by atoms with Crippen molar-refractivity contribution in [2.75, 3.05) is 26.2 Å². The quantitative estimate of drug-likeness (QED) is 0.777. The molecule has 0 saturated carbocycles. The van der Waals surface area contributed by atoms with E-state index in [4.69, 9.17) is 4.74 Å². The molecule has 0 radical (unpaired) electrons. The van der Waals surface area contributed by atoms with Crippen LogP contribution in [0.2, 0.25) is 0 Å². The van der Waals surface area contributed by atoms with Gasteiger partial charge in [-0.25, -0.2) is 0 Å². The summed E-state index contributed by atoms with van der Waals surface area (Å²) in [5, 5.41) is 12.0. The number of nitrogens with zero attached hydrogens (tertiary/aromatic N) is 1. The van der Waals surface area contributed by atoms with Gasteiger partial charge in [-0.15, -0.1) is 0 Å². The van der Waals surface area contributed by atoms with Gasteiger partial charge < -0.3 is 9.84 Å². The Labute approximate surface area is 175 Å². The van der Waals surface area contributed by atoms with Gasteiger partial charge in [-0.2, -0.15) is 0 Å². The fourth-order valence-electron chi connectivity index (χ4n) is 5.57. The van der Waals surface area contributed by atoms with Gasteiger partial charge in [0.05, 0.1) is 5.60 Å². The van der Waals surface area contributed by atoms with Gasteiger partial charge in [0.1, 0.15) is 5.60 Å². The Morgan fingerprint density at radius 1 is 1.00 bits per heavy atom. The Bertz CT molecular complexity index is 749. The van der Waals surface area contributed by atoms with Crippen molar-refractivity contribution >= 4 is 0 Å². The summed E-state index contributed by atoms with van der Waals surface area (Å²) in [5.74, 6) is 0. The van der Waals surface area contributed by atoms with Gasteiger partial charge >= 0.3 is 0 Å². The summed E-state index contributed by atoms with van der Waals surface area (Å²) < 4.78 is 6.15. The van der Waals surface area contributed by atoms with Crippen molar-refractivity contribution < 1.29 is 9.84 Å². The van der Waals surface area contributed by atoms with Crippen LogP contribution < -0.4 is 0 Å². The van der Waals surface area contributed by atoms with Crippen LogP contribution in [0.3, 0.4) is 0 Å². The molecule has 156 valence electrons. The van der Waals surface area contributed by atoms with E-state index in [1.54, 1.807) is 0 Å². The number of aliphatic hydroxyl groups is 1. The summed E-state index contributed by atoms with van der Waals surface area (Å²) in [6.07, 6.45) is 5.79. The lowest BCUT2D eigenvalue weighted by atomic mass is 9.68. The van der Waals surface area contributed by atoms with E-state index in [0.29, 0.717) is 12.0 Å². The zero-order chi connectivity index (χ0) is 20.4. The van der Waals surface area contributed by atoms with Crippen molar-refractivity contribution in [3.8, 4) is 0 Å². The second-order valence-electron chi connectivity index (χ2n) is 9.49. The molecule has 2 aliphatic rings. The molecule has 2 aliphatic heterocycles. The number of hydrogen-bond donors (Lipinski definition) is 1. The zero-order valence-electron chi connectivity index (χ0n) is 17.9. The molecule has 3 heteroatoms. The highest BCUT2D eigenvalue weighted by molar-refractivity contribution is 5.36. The summed E-state index contributed by atoms with van der Waals surface area (Å²) in [4.78, 5) is 2.50. The lowest BCUT2D eigenvalue weighted by Gasteiger charge is -2.51. The average molecular weight is 394 g/mol. The molecule has 2 aromatic carbocycles. The number of ether oxygens (including phenoxy) is 1. The van der Waals surface area contributed by atoms with E-state index in [1.807, 2.05) is 36.4 Å². The average Bonchev–Trinajstić information content (AvgIpc) is 2.75. The first kappa shape index (κ1) is 20.6. The van der Waals surface area contributed by atoms with Gasteiger partial charge in [0, 0.05) is 19.7 Å². The Morgan fingerprint density at radius 3 is 2.21 bits per heavy atom. The smallest absolute Gasteiger partial charge is 0.127 e. The molecule has 2 atom stereocenters. The van der Waals surface area contributed by atoms with Crippen molar-refractivity contribution in [3.63, 3.8) is 0 Å². The van der Waals surface area contributed by atoms with Crippen LogP contribution >= 0.6 is 0 Å². The van der Waals surface area contributed by atoms with E-state index in [1.165, 1.54) is 12.8 Å². The lowest BCUT2D eigenvalue weighted by Crippen LogP contribution is -2.54. The molecule has 0 bridgehead atoms. The minimum Gasteiger partial charge on any atom is -0.379 e. The summed E-state index contributed by atoms with van der Waals surface area (Å²) in [7, 11) is 0. The third-order valence-corrected chi connectivity index (χ3v) is 7.28. The Hall–Kier alpha value is -1.68. The fraction of sp³-hybridized carbons (Fsp3) is 0.538. The standard InChI is InChI=1S/C26H35NO2/c1-3-24(2)19-25(16-18-29-24)15-10-17-27(20-25)21-26(28,22-11-6-4-7-12-22)23-13-8-5-9-14-23/h4-9,11-14,28H,3,10,15-21H2,1-2H3. The van der Waals surface area contributed by atoms with Crippen molar-refractivity contribution in [3.05, 3.63) is 71.8 Å². The van der Waals surface area contributed by atoms with E-state index in [0.717, 1.165) is 50.1 Å². The molecule has 0 aliphatic carbocycles. The lowest BCUT2D eigenvalue weighted by molar-refractivity contribution is -0.137. The molecular formula is C26H35NO2. The predicted molar refractivity (Wildman–Crippen MR) is 118 cm³/mol. The molecule has 4 rings (SSSR count). The van der Waals surface area contributed by atoms with Gasteiger partial charge in [0.15, 0.2) is 0 Å². The maximum Gasteiger partial charge on any atom is 0.127 e. The first-order valence-electron chi connectivity index (χ1n) is 11.2. The molecule has 1 spiro atoms. The van der Waals surface area contributed by atoms with Crippen molar-refractivity contribution in [1.29, 1.82) is 0 Å². The van der Waals surface area contributed by atoms with Crippen LogP contribution in [0.1, 0.15) is 57.1 Å². The Kier molecular flexibility index (Phi) is 5.83. The fourth-order valence-corrected chi connectivity index (χ4v) is 5.57. The van der Waals surface area contributed by atoms with Crippen LogP contribution in [-0.4, -0.2) is 41.8 Å². The molecule has 3 nitrogen and oxygen atoms in total. The number of piperidine rings is 1. The number of benzene rings is 2. The first-order chi connectivity index (χ1) is 14.0. The zero-order valence-corrected chi connectivity index (χ0v) is 17.9. The number of β-amino-alcohol motifs (C(OH)–C–C–N with tert-alkyl or cyclic N) is 1. The molecule has 0 amide bonds. The van der Waals surface area contributed by atoms with Crippen molar-refractivity contribution in [2.45, 2.75) is 57.2 Å².